The molecule has 238 valence electrons. The Kier molecular flexibility index (Phi) is 13.4. The van der Waals surface area contributed by atoms with E-state index in [0.717, 1.165) is 0 Å². The molecule has 0 saturated carbocycles. The summed E-state index contributed by atoms with van der Waals surface area (Å²) in [5.74, 6) is -3.12. The van der Waals surface area contributed by atoms with Crippen LogP contribution in [-0.2, 0) is 19.0 Å². The fraction of sp³-hybridized carbons (Fsp3) is 0.852. The maximum atomic E-state index is 12.6. The second kappa shape index (κ2) is 15.5. The summed E-state index contributed by atoms with van der Waals surface area (Å²) in [6, 6.07) is -2.83. The third-order valence-corrected chi connectivity index (χ3v) is 7.32. The number of carboxylic acids is 1. The summed E-state index contributed by atoms with van der Waals surface area (Å²) in [6.07, 6.45) is -5.86. The van der Waals surface area contributed by atoms with Crippen molar-refractivity contribution in [2.24, 2.45) is 17.6 Å². The van der Waals surface area contributed by atoms with E-state index >= 15 is 0 Å². The van der Waals surface area contributed by atoms with Gasteiger partial charge in [-0.1, -0.05) is 39.8 Å². The third kappa shape index (κ3) is 10.7. The van der Waals surface area contributed by atoms with Crippen LogP contribution in [0.2, 0.25) is 0 Å². The molecule has 14 nitrogen and oxygen atoms in total. The van der Waals surface area contributed by atoms with Crippen LogP contribution in [0.3, 0.4) is 0 Å². The number of aliphatic carboxylic acids is 1. The van der Waals surface area contributed by atoms with Crippen LogP contribution in [0.4, 0.5) is 4.79 Å². The molecule has 6 unspecified atom stereocenters. The molecule has 0 bridgehead atoms. The van der Waals surface area contributed by atoms with E-state index in [1.807, 2.05) is 19.9 Å². The van der Waals surface area contributed by atoms with Crippen molar-refractivity contribution in [1.29, 1.82) is 0 Å². The zero-order valence-electron chi connectivity index (χ0n) is 24.4. The molecule has 2 amide bonds. The molecule has 41 heavy (non-hydrogen) atoms. The predicted molar refractivity (Wildman–Crippen MR) is 146 cm³/mol. The highest BCUT2D eigenvalue weighted by atomic mass is 16.7. The van der Waals surface area contributed by atoms with Gasteiger partial charge in [-0.3, -0.25) is 4.79 Å². The van der Waals surface area contributed by atoms with Gasteiger partial charge in [0, 0.05) is 25.8 Å². The van der Waals surface area contributed by atoms with E-state index in [9.17, 15) is 35.1 Å². The van der Waals surface area contributed by atoms with Gasteiger partial charge < -0.3 is 61.2 Å². The van der Waals surface area contributed by atoms with E-state index in [0.29, 0.717) is 0 Å². The van der Waals surface area contributed by atoms with E-state index in [4.69, 9.17) is 25.1 Å². The molecule has 0 aromatic heterocycles. The molecule has 0 aliphatic carbocycles. The second-order valence-corrected chi connectivity index (χ2v) is 11.8. The van der Waals surface area contributed by atoms with Crippen LogP contribution < -0.4 is 16.4 Å². The van der Waals surface area contributed by atoms with Crippen molar-refractivity contribution in [3.63, 3.8) is 0 Å². The SMILES string of the molecule is CC(C)/C=C/C(C[C@@H]1O[C@](O)(C[C@@H](O)C(C)C)C[C@H](O)[C@H]1NC(=O)NCCC(=O)O)OC1OC(C)C(O)C(N)C1O. The van der Waals surface area contributed by atoms with E-state index in [-0.39, 0.29) is 44.1 Å². The number of allylic oxidation sites excluding steroid dienone is 1. The predicted octanol–water partition coefficient (Wildman–Crippen LogP) is -0.844. The smallest absolute Gasteiger partial charge is 0.315 e. The van der Waals surface area contributed by atoms with Crippen LogP contribution in [-0.4, -0.2) is 116 Å². The summed E-state index contributed by atoms with van der Waals surface area (Å²) in [4.78, 5) is 23.4. The standard InChI is InChI=1S/C27H49N3O11/c1-13(2)6-7-16(40-25-24(36)21(28)23(35)15(5)39-25)10-19-22(30-26(37)29-9-8-20(33)34)18(32)12-27(38,41-19)11-17(31)14(3)4/h6-7,13-19,21-25,31-32,35-36,38H,8-12,28H2,1-5H3,(H,33,34)(H2,29,30,37)/b7-6+/t15?,16?,17-,18+,19+,21?,22-,23?,24?,25?,27-/m1/s1. The Hall–Kier alpha value is -1.88. The molecule has 2 rings (SSSR count). The lowest BCUT2D eigenvalue weighted by atomic mass is 9.86. The summed E-state index contributed by atoms with van der Waals surface area (Å²) >= 11 is 0. The minimum Gasteiger partial charge on any atom is -0.481 e. The first-order valence-electron chi connectivity index (χ1n) is 14.2. The van der Waals surface area contributed by atoms with Gasteiger partial charge in [0.1, 0.15) is 6.10 Å². The maximum Gasteiger partial charge on any atom is 0.315 e. The second-order valence-electron chi connectivity index (χ2n) is 11.8. The Morgan fingerprint density at radius 2 is 1.80 bits per heavy atom. The van der Waals surface area contributed by atoms with E-state index in [1.54, 1.807) is 26.8 Å². The molecule has 0 radical (unpaired) electrons. The first kappa shape index (κ1) is 35.3. The van der Waals surface area contributed by atoms with Gasteiger partial charge in [-0.05, 0) is 18.8 Å². The highest BCUT2D eigenvalue weighted by molar-refractivity contribution is 5.75. The lowest BCUT2D eigenvalue weighted by Crippen LogP contribution is -2.64. The molecule has 0 spiro atoms. The monoisotopic (exact) mass is 591 g/mol. The number of nitrogens with one attached hydrogen (secondary N) is 2. The van der Waals surface area contributed by atoms with Crippen molar-refractivity contribution in [1.82, 2.24) is 10.6 Å². The molecular weight excluding hydrogens is 542 g/mol. The van der Waals surface area contributed by atoms with Crippen molar-refractivity contribution < 1.29 is 54.4 Å². The number of hydrogen-bond acceptors (Lipinski definition) is 11. The quantitative estimate of drug-likeness (QED) is 0.119. The van der Waals surface area contributed by atoms with Gasteiger partial charge in [0.05, 0.1) is 55.1 Å². The lowest BCUT2D eigenvalue weighted by molar-refractivity contribution is -0.303. The molecule has 0 aromatic carbocycles. The normalized spacial score (nSPS) is 35.9. The molecule has 10 N–H and O–H groups in total. The summed E-state index contributed by atoms with van der Waals surface area (Å²) in [7, 11) is 0. The molecule has 2 saturated heterocycles. The number of aliphatic hydroxyl groups excluding tert-OH is 4. The van der Waals surface area contributed by atoms with Crippen LogP contribution in [0.5, 0.6) is 0 Å². The molecule has 2 fully saturated rings. The number of urea groups is 1. The van der Waals surface area contributed by atoms with Gasteiger partial charge in [-0.2, -0.15) is 0 Å². The average molecular weight is 592 g/mol. The number of carboxylic acid groups (broad SMARTS) is 1. The summed E-state index contributed by atoms with van der Waals surface area (Å²) in [6.45, 7) is 8.86. The molecule has 14 heteroatoms. The number of hydrogen-bond donors (Lipinski definition) is 9. The Labute approximate surface area is 240 Å². The van der Waals surface area contributed by atoms with E-state index in [1.165, 1.54) is 0 Å². The van der Waals surface area contributed by atoms with Gasteiger partial charge >= 0.3 is 12.0 Å². The average Bonchev–Trinajstić information content (AvgIpc) is 2.86. The Bertz CT molecular complexity index is 875. The van der Waals surface area contributed by atoms with Crippen LogP contribution in [0.1, 0.15) is 60.3 Å². The number of aliphatic hydroxyl groups is 5. The molecular formula is C27H49N3O11. The minimum absolute atomic E-state index is 0.0425. The third-order valence-electron chi connectivity index (χ3n) is 7.32. The van der Waals surface area contributed by atoms with Crippen LogP contribution in [0, 0.1) is 11.8 Å². The first-order valence-corrected chi connectivity index (χ1v) is 14.2. The van der Waals surface area contributed by atoms with Gasteiger partial charge in [-0.15, -0.1) is 0 Å². The van der Waals surface area contributed by atoms with Crippen LogP contribution in [0.25, 0.3) is 0 Å². The molecule has 2 heterocycles. The largest absolute Gasteiger partial charge is 0.481 e. The van der Waals surface area contributed by atoms with Crippen molar-refractivity contribution >= 4 is 12.0 Å². The van der Waals surface area contributed by atoms with Crippen LogP contribution >= 0.6 is 0 Å². The van der Waals surface area contributed by atoms with Crippen molar-refractivity contribution in [2.45, 2.75) is 127 Å². The Balaban J connectivity index is 2.32. The minimum atomic E-state index is -1.93. The molecule has 2 aliphatic heterocycles. The first-order chi connectivity index (χ1) is 19.0. The highest BCUT2D eigenvalue weighted by Crippen LogP contribution is 2.35. The van der Waals surface area contributed by atoms with Gasteiger partial charge in [-0.25, -0.2) is 4.79 Å². The number of amides is 2. The Morgan fingerprint density at radius 3 is 2.39 bits per heavy atom. The molecule has 2 aliphatic rings. The highest BCUT2D eigenvalue weighted by Gasteiger charge is 2.49. The van der Waals surface area contributed by atoms with Gasteiger partial charge in [0.2, 0.25) is 0 Å². The molecule has 11 atom stereocenters. The topological polar surface area (TPSA) is 233 Å². The van der Waals surface area contributed by atoms with E-state index < -0.39 is 78.9 Å². The number of nitrogens with two attached hydrogens (primary N) is 1. The van der Waals surface area contributed by atoms with E-state index in [2.05, 4.69) is 10.6 Å². The lowest BCUT2D eigenvalue weighted by Gasteiger charge is -2.46. The summed E-state index contributed by atoms with van der Waals surface area (Å²) in [5, 5.41) is 67.4. The van der Waals surface area contributed by atoms with Gasteiger partial charge in [0.15, 0.2) is 12.1 Å². The van der Waals surface area contributed by atoms with Gasteiger partial charge in [0.25, 0.3) is 0 Å². The van der Waals surface area contributed by atoms with Crippen molar-refractivity contribution in [3.05, 3.63) is 12.2 Å². The summed E-state index contributed by atoms with van der Waals surface area (Å²) < 4.78 is 17.8. The van der Waals surface area contributed by atoms with Crippen LogP contribution in [0.15, 0.2) is 12.2 Å². The summed E-state index contributed by atoms with van der Waals surface area (Å²) in [5.41, 5.74) is 5.96. The Morgan fingerprint density at radius 1 is 1.15 bits per heavy atom. The maximum absolute atomic E-state index is 12.6. The zero-order valence-corrected chi connectivity index (χ0v) is 24.4. The molecule has 0 aromatic rings. The van der Waals surface area contributed by atoms with Crippen molar-refractivity contribution in [2.75, 3.05) is 6.54 Å². The number of carbonyl (C=O) groups excluding carboxylic acids is 1. The van der Waals surface area contributed by atoms with Crippen molar-refractivity contribution in [3.8, 4) is 0 Å². The fourth-order valence-corrected chi connectivity index (χ4v) is 4.78. The number of ether oxygens (including phenoxy) is 3. The fourth-order valence-electron chi connectivity index (χ4n) is 4.78. The zero-order chi connectivity index (χ0) is 31.1. The number of rotatable bonds is 13. The number of carbonyl (C=O) groups is 2.